The van der Waals surface area contributed by atoms with E-state index in [1.54, 1.807) is 0 Å². The molecule has 0 nitrogen and oxygen atoms in total. The van der Waals surface area contributed by atoms with Gasteiger partial charge in [-0.25, -0.2) is 0 Å². The zero-order valence-electron chi connectivity index (χ0n) is 11.0. The molecule has 104 valence electrons. The van der Waals surface area contributed by atoms with Crippen molar-refractivity contribution in [2.45, 2.75) is 0 Å². The van der Waals surface area contributed by atoms with E-state index in [1.165, 1.54) is 29.4 Å². The van der Waals surface area contributed by atoms with Crippen molar-refractivity contribution in [3.8, 4) is 22.3 Å². The molecule has 0 heterocycles. The fourth-order valence-corrected chi connectivity index (χ4v) is 3.89. The van der Waals surface area contributed by atoms with Crippen LogP contribution < -0.4 is 0 Å². The second-order valence-corrected chi connectivity index (χ2v) is 7.37. The molecule has 3 heteroatoms. The van der Waals surface area contributed by atoms with E-state index >= 15 is 0 Å². The quantitative estimate of drug-likeness (QED) is 0.257. The highest BCUT2D eigenvalue weighted by Gasteiger charge is 2.08. The predicted molar refractivity (Wildman–Crippen MR) is 108 cm³/mol. The first-order chi connectivity index (χ1) is 10.1. The normalized spacial score (nSPS) is 10.6. The third-order valence-electron chi connectivity index (χ3n) is 3.30. The molecule has 0 spiro atoms. The summed E-state index contributed by atoms with van der Waals surface area (Å²) in [5, 5.41) is 0.780. The second kappa shape index (κ2) is 6.67. The summed E-state index contributed by atoms with van der Waals surface area (Å²) in [4.78, 5) is 0. The summed E-state index contributed by atoms with van der Waals surface area (Å²) >= 11 is 10.9. The van der Waals surface area contributed by atoms with Crippen LogP contribution in [0.15, 0.2) is 66.7 Å². The van der Waals surface area contributed by atoms with Gasteiger partial charge in [0.15, 0.2) is 0 Å². The van der Waals surface area contributed by atoms with Crippen molar-refractivity contribution >= 4 is 56.8 Å². The topological polar surface area (TPSA) is 0 Å². The van der Waals surface area contributed by atoms with Gasteiger partial charge in [-0.2, -0.15) is 0 Å². The zero-order valence-corrected chi connectivity index (χ0v) is 16.1. The summed E-state index contributed by atoms with van der Waals surface area (Å²) in [6, 6.07) is 23.1. The fraction of sp³-hybridized carbons (Fsp3) is 0. The van der Waals surface area contributed by atoms with Crippen molar-refractivity contribution in [2.75, 3.05) is 0 Å². The number of benzene rings is 3. The Morgan fingerprint density at radius 3 is 1.90 bits per heavy atom. The Labute approximate surface area is 156 Å². The molecule has 0 fully saturated rings. The molecular weight excluding hydrogens is 505 g/mol. The van der Waals surface area contributed by atoms with Crippen LogP contribution in [0, 0.1) is 7.14 Å². The molecule has 0 aromatic heterocycles. The van der Waals surface area contributed by atoms with Crippen LogP contribution in [0.2, 0.25) is 5.02 Å². The lowest BCUT2D eigenvalue weighted by Crippen LogP contribution is -1.88. The third kappa shape index (κ3) is 3.43. The van der Waals surface area contributed by atoms with Gasteiger partial charge in [-0.1, -0.05) is 66.2 Å². The smallest absolute Gasteiger partial charge is 0.0423 e. The molecule has 0 aliphatic heterocycles. The van der Waals surface area contributed by atoms with E-state index in [-0.39, 0.29) is 0 Å². The molecule has 3 rings (SSSR count). The van der Waals surface area contributed by atoms with E-state index in [1.807, 2.05) is 18.2 Å². The molecule has 0 radical (unpaired) electrons. The van der Waals surface area contributed by atoms with Gasteiger partial charge in [0.25, 0.3) is 0 Å². The van der Waals surface area contributed by atoms with Gasteiger partial charge in [0, 0.05) is 12.2 Å². The highest BCUT2D eigenvalue weighted by Crippen LogP contribution is 2.33. The Morgan fingerprint density at radius 2 is 1.24 bits per heavy atom. The van der Waals surface area contributed by atoms with E-state index in [0.29, 0.717) is 0 Å². The van der Waals surface area contributed by atoms with Crippen molar-refractivity contribution in [3.63, 3.8) is 0 Å². The summed E-state index contributed by atoms with van der Waals surface area (Å²) in [6.45, 7) is 0. The molecule has 0 saturated carbocycles. The minimum Gasteiger partial charge on any atom is -0.0843 e. The maximum absolute atomic E-state index is 6.19. The average molecular weight is 517 g/mol. The first kappa shape index (κ1) is 15.3. The molecule has 0 saturated heterocycles. The minimum atomic E-state index is 0.780. The van der Waals surface area contributed by atoms with Crippen molar-refractivity contribution < 1.29 is 0 Å². The Bertz CT molecular complexity index is 765. The standard InChI is InChI=1S/C18H11ClI2/c19-15-10-16(18(21)17(20)11-15)14-8-6-13(7-9-14)12-4-2-1-3-5-12/h1-11H. The maximum atomic E-state index is 6.19. The number of rotatable bonds is 2. The Kier molecular flexibility index (Phi) is 4.86. The van der Waals surface area contributed by atoms with Gasteiger partial charge >= 0.3 is 0 Å². The molecule has 0 N–H and O–H groups in total. The minimum absolute atomic E-state index is 0.780. The first-order valence-corrected chi connectivity index (χ1v) is 8.99. The average Bonchev–Trinajstić information content (AvgIpc) is 2.52. The highest BCUT2D eigenvalue weighted by atomic mass is 127. The second-order valence-electron chi connectivity index (χ2n) is 4.69. The molecule has 21 heavy (non-hydrogen) atoms. The van der Waals surface area contributed by atoms with Gasteiger partial charge in [0.2, 0.25) is 0 Å². The van der Waals surface area contributed by atoms with Gasteiger partial charge in [-0.05, 0) is 79.6 Å². The van der Waals surface area contributed by atoms with Crippen LogP contribution in [0.25, 0.3) is 22.3 Å². The number of halogens is 3. The third-order valence-corrected chi connectivity index (χ3v) is 6.56. The van der Waals surface area contributed by atoms with E-state index < -0.39 is 0 Å². The van der Waals surface area contributed by atoms with Crippen LogP contribution in [0.1, 0.15) is 0 Å². The van der Waals surface area contributed by atoms with Gasteiger partial charge < -0.3 is 0 Å². The largest absolute Gasteiger partial charge is 0.0843 e. The molecule has 3 aromatic carbocycles. The van der Waals surface area contributed by atoms with Crippen molar-refractivity contribution in [1.29, 1.82) is 0 Å². The van der Waals surface area contributed by atoms with Gasteiger partial charge in [-0.15, -0.1) is 0 Å². The molecule has 0 aliphatic rings. The molecular formula is C18H11ClI2. The van der Waals surface area contributed by atoms with Gasteiger partial charge in [-0.3, -0.25) is 0 Å². The molecule has 0 unspecified atom stereocenters. The first-order valence-electron chi connectivity index (χ1n) is 6.45. The summed E-state index contributed by atoms with van der Waals surface area (Å²) in [6.07, 6.45) is 0. The fourth-order valence-electron chi connectivity index (χ4n) is 2.24. The lowest BCUT2D eigenvalue weighted by molar-refractivity contribution is 1.53. The summed E-state index contributed by atoms with van der Waals surface area (Å²) in [7, 11) is 0. The number of hydrogen-bond acceptors (Lipinski definition) is 0. The molecule has 0 aliphatic carbocycles. The van der Waals surface area contributed by atoms with Crippen LogP contribution in [-0.2, 0) is 0 Å². The Morgan fingerprint density at radius 1 is 0.667 bits per heavy atom. The monoisotopic (exact) mass is 516 g/mol. The Hall–Kier alpha value is -0.590. The molecule has 3 aromatic rings. The Balaban J connectivity index is 2.02. The van der Waals surface area contributed by atoms with Crippen LogP contribution in [0.5, 0.6) is 0 Å². The lowest BCUT2D eigenvalue weighted by Gasteiger charge is -2.09. The predicted octanol–water partition coefficient (Wildman–Crippen LogP) is 6.88. The van der Waals surface area contributed by atoms with E-state index in [2.05, 4.69) is 93.7 Å². The summed E-state index contributed by atoms with van der Waals surface area (Å²) in [5.74, 6) is 0. The van der Waals surface area contributed by atoms with Gasteiger partial charge in [0.1, 0.15) is 0 Å². The lowest BCUT2D eigenvalue weighted by atomic mass is 10.0. The van der Waals surface area contributed by atoms with Crippen LogP contribution >= 0.6 is 56.8 Å². The van der Waals surface area contributed by atoms with Crippen molar-refractivity contribution in [2.24, 2.45) is 0 Å². The van der Waals surface area contributed by atoms with Crippen LogP contribution in [-0.4, -0.2) is 0 Å². The molecule has 0 amide bonds. The summed E-state index contributed by atoms with van der Waals surface area (Å²) in [5.41, 5.74) is 4.84. The number of hydrogen-bond donors (Lipinski definition) is 0. The van der Waals surface area contributed by atoms with Crippen molar-refractivity contribution in [3.05, 3.63) is 78.9 Å². The zero-order chi connectivity index (χ0) is 14.8. The molecule has 0 bridgehead atoms. The highest BCUT2D eigenvalue weighted by molar-refractivity contribution is 14.1. The van der Waals surface area contributed by atoms with E-state index in [9.17, 15) is 0 Å². The molecule has 0 atom stereocenters. The SMILES string of the molecule is Clc1cc(I)c(I)c(-c2ccc(-c3ccccc3)cc2)c1. The van der Waals surface area contributed by atoms with Gasteiger partial charge in [0.05, 0.1) is 0 Å². The van der Waals surface area contributed by atoms with E-state index in [0.717, 1.165) is 5.02 Å². The maximum Gasteiger partial charge on any atom is 0.0423 e. The van der Waals surface area contributed by atoms with Crippen LogP contribution in [0.4, 0.5) is 0 Å². The van der Waals surface area contributed by atoms with Crippen molar-refractivity contribution in [1.82, 2.24) is 0 Å². The van der Waals surface area contributed by atoms with Crippen LogP contribution in [0.3, 0.4) is 0 Å². The summed E-state index contributed by atoms with van der Waals surface area (Å²) < 4.78 is 2.42. The van der Waals surface area contributed by atoms with E-state index in [4.69, 9.17) is 11.6 Å².